The molecule has 0 unspecified atom stereocenters. The van der Waals surface area contributed by atoms with Crippen LogP contribution in [0.1, 0.15) is 11.1 Å². The molecular formula is C20H19ClN4O3S3. The molecule has 3 rings (SSSR count). The van der Waals surface area contributed by atoms with Crippen LogP contribution in [-0.2, 0) is 10.5 Å². The minimum atomic E-state index is -0.237. The van der Waals surface area contributed by atoms with Gasteiger partial charge in [0.15, 0.2) is 8.68 Å². The summed E-state index contributed by atoms with van der Waals surface area (Å²) < 4.78 is 12.0. The fourth-order valence-corrected chi connectivity index (χ4v) is 5.19. The van der Waals surface area contributed by atoms with Crippen LogP contribution < -0.4 is 14.9 Å². The lowest BCUT2D eigenvalue weighted by Gasteiger charge is -2.06. The fraction of sp³-hybridized carbons (Fsp3) is 0.200. The zero-order valence-corrected chi connectivity index (χ0v) is 19.9. The second-order valence-corrected chi connectivity index (χ2v) is 9.80. The zero-order chi connectivity index (χ0) is 22.1. The highest BCUT2D eigenvalue weighted by Gasteiger charge is 2.09. The van der Waals surface area contributed by atoms with Crippen molar-refractivity contribution < 1.29 is 14.3 Å². The molecule has 0 aliphatic rings. The normalized spacial score (nSPS) is 10.9. The van der Waals surface area contributed by atoms with Crippen LogP contribution in [0.4, 0.5) is 0 Å². The van der Waals surface area contributed by atoms with Gasteiger partial charge in [-0.3, -0.25) is 4.79 Å². The smallest absolute Gasteiger partial charge is 0.250 e. The van der Waals surface area contributed by atoms with Crippen molar-refractivity contribution in [2.75, 3.05) is 20.0 Å². The molecule has 1 N–H and O–H groups in total. The second-order valence-electron chi connectivity index (χ2n) is 5.94. The van der Waals surface area contributed by atoms with Crippen LogP contribution in [0.3, 0.4) is 0 Å². The monoisotopic (exact) mass is 494 g/mol. The quantitative estimate of drug-likeness (QED) is 0.247. The van der Waals surface area contributed by atoms with Gasteiger partial charge in [-0.05, 0) is 29.8 Å². The molecule has 11 heteroatoms. The topological polar surface area (TPSA) is 85.7 Å². The molecule has 0 radical (unpaired) electrons. The molecule has 7 nitrogen and oxygen atoms in total. The summed E-state index contributed by atoms with van der Waals surface area (Å²) in [6.07, 6.45) is 1.53. The van der Waals surface area contributed by atoms with E-state index in [-0.39, 0.29) is 11.7 Å². The van der Waals surface area contributed by atoms with Gasteiger partial charge in [0, 0.05) is 22.4 Å². The molecule has 0 fully saturated rings. The van der Waals surface area contributed by atoms with E-state index in [4.69, 9.17) is 21.1 Å². The Morgan fingerprint density at radius 1 is 1.13 bits per heavy atom. The van der Waals surface area contributed by atoms with E-state index < -0.39 is 0 Å². The predicted octanol–water partition coefficient (Wildman–Crippen LogP) is 4.74. The number of nitrogens with zero attached hydrogens (tertiary/aromatic N) is 3. The van der Waals surface area contributed by atoms with Gasteiger partial charge in [0.25, 0.3) is 5.91 Å². The summed E-state index contributed by atoms with van der Waals surface area (Å²) >= 11 is 10.3. The Hall–Kier alpha value is -2.27. The van der Waals surface area contributed by atoms with Crippen molar-refractivity contribution in [3.05, 3.63) is 58.6 Å². The highest BCUT2D eigenvalue weighted by Crippen LogP contribution is 2.30. The zero-order valence-electron chi connectivity index (χ0n) is 16.7. The van der Waals surface area contributed by atoms with E-state index in [0.717, 1.165) is 25.6 Å². The van der Waals surface area contributed by atoms with Crippen molar-refractivity contribution >= 4 is 58.6 Å². The minimum Gasteiger partial charge on any atom is -0.497 e. The van der Waals surface area contributed by atoms with Crippen LogP contribution >= 0.6 is 46.5 Å². The van der Waals surface area contributed by atoms with Crippen LogP contribution in [0.2, 0.25) is 5.02 Å². The van der Waals surface area contributed by atoms with E-state index in [2.05, 4.69) is 20.7 Å². The Bertz CT molecular complexity index is 1040. The number of halogens is 1. The molecule has 0 aliphatic carbocycles. The number of carbonyl (C=O) groups is 1. The third-order valence-electron chi connectivity index (χ3n) is 3.82. The van der Waals surface area contributed by atoms with Gasteiger partial charge in [-0.15, -0.1) is 10.2 Å². The molecule has 0 aliphatic heterocycles. The van der Waals surface area contributed by atoms with Crippen molar-refractivity contribution in [3.8, 4) is 11.5 Å². The summed E-state index contributed by atoms with van der Waals surface area (Å²) in [7, 11) is 3.14. The van der Waals surface area contributed by atoms with Crippen LogP contribution in [0.15, 0.2) is 56.2 Å². The molecule has 31 heavy (non-hydrogen) atoms. The van der Waals surface area contributed by atoms with Gasteiger partial charge >= 0.3 is 0 Å². The summed E-state index contributed by atoms with van der Waals surface area (Å²) in [5.74, 6) is 2.01. The van der Waals surface area contributed by atoms with E-state index in [0.29, 0.717) is 16.5 Å². The summed E-state index contributed by atoms with van der Waals surface area (Å²) in [6, 6.07) is 13.0. The largest absolute Gasteiger partial charge is 0.497 e. The molecule has 0 bridgehead atoms. The number of amides is 1. The number of thioether (sulfide) groups is 2. The van der Waals surface area contributed by atoms with Gasteiger partial charge in [-0.25, -0.2) is 5.43 Å². The standard InChI is InChI=1S/C20H19ClN4O3S3/c1-27-16-8-5-14(17(9-16)28-2)10-22-23-18(26)12-30-20-25-24-19(31-20)29-11-13-3-6-15(21)7-4-13/h3-10H,11-12H2,1-2H3,(H,23,26). The van der Waals surface area contributed by atoms with Crippen LogP contribution in [-0.4, -0.2) is 42.3 Å². The van der Waals surface area contributed by atoms with Crippen LogP contribution in [0.25, 0.3) is 0 Å². The molecule has 0 spiro atoms. The van der Waals surface area contributed by atoms with Crippen molar-refractivity contribution in [2.24, 2.45) is 5.10 Å². The first-order valence-corrected chi connectivity index (χ1v) is 12.1. The third kappa shape index (κ3) is 7.42. The van der Waals surface area contributed by atoms with Gasteiger partial charge in [-0.1, -0.05) is 58.6 Å². The number of hydrogen-bond donors (Lipinski definition) is 1. The van der Waals surface area contributed by atoms with E-state index in [1.54, 1.807) is 44.2 Å². The lowest BCUT2D eigenvalue weighted by Crippen LogP contribution is -2.19. The number of carbonyl (C=O) groups excluding carboxylic acids is 1. The number of aromatic nitrogens is 2. The van der Waals surface area contributed by atoms with Crippen molar-refractivity contribution in [1.29, 1.82) is 0 Å². The van der Waals surface area contributed by atoms with E-state index in [9.17, 15) is 4.79 Å². The van der Waals surface area contributed by atoms with E-state index >= 15 is 0 Å². The summed E-state index contributed by atoms with van der Waals surface area (Å²) in [6.45, 7) is 0. The SMILES string of the molecule is COc1ccc(C=NNC(=O)CSc2nnc(SCc3ccc(Cl)cc3)s2)c(OC)c1. The summed E-state index contributed by atoms with van der Waals surface area (Å²) in [5, 5.41) is 13.0. The maximum Gasteiger partial charge on any atom is 0.250 e. The van der Waals surface area contributed by atoms with Gasteiger partial charge in [0.1, 0.15) is 11.5 Å². The number of benzene rings is 2. The first kappa shape index (κ1) is 23.4. The maximum atomic E-state index is 12.1. The molecule has 0 atom stereocenters. The van der Waals surface area contributed by atoms with Crippen LogP contribution in [0.5, 0.6) is 11.5 Å². The van der Waals surface area contributed by atoms with Crippen molar-refractivity contribution in [3.63, 3.8) is 0 Å². The lowest BCUT2D eigenvalue weighted by atomic mass is 10.2. The Morgan fingerprint density at radius 2 is 1.87 bits per heavy atom. The van der Waals surface area contributed by atoms with Gasteiger partial charge in [0.05, 0.1) is 26.2 Å². The molecule has 0 saturated heterocycles. The first-order chi connectivity index (χ1) is 15.1. The molecule has 3 aromatic rings. The molecule has 1 amide bonds. The number of ether oxygens (including phenoxy) is 2. The Labute approximate surface area is 197 Å². The molecular weight excluding hydrogens is 476 g/mol. The molecule has 0 saturated carbocycles. The molecule has 1 heterocycles. The van der Waals surface area contributed by atoms with Crippen molar-refractivity contribution in [2.45, 2.75) is 14.4 Å². The average Bonchev–Trinajstić information content (AvgIpc) is 3.25. The Balaban J connectivity index is 1.43. The summed E-state index contributed by atoms with van der Waals surface area (Å²) in [5.41, 5.74) is 4.38. The van der Waals surface area contributed by atoms with Gasteiger partial charge in [-0.2, -0.15) is 5.10 Å². The highest BCUT2D eigenvalue weighted by molar-refractivity contribution is 8.03. The average molecular weight is 495 g/mol. The fourth-order valence-electron chi connectivity index (χ4n) is 2.30. The Kier molecular flexibility index (Phi) is 9.01. The van der Waals surface area contributed by atoms with Gasteiger partial charge in [0.2, 0.25) is 0 Å². The molecule has 162 valence electrons. The number of hydrazone groups is 1. The first-order valence-electron chi connectivity index (χ1n) is 8.95. The number of methoxy groups -OCH3 is 2. The number of nitrogens with one attached hydrogen (secondary N) is 1. The van der Waals surface area contributed by atoms with E-state index in [1.807, 2.05) is 24.3 Å². The predicted molar refractivity (Wildman–Crippen MR) is 127 cm³/mol. The lowest BCUT2D eigenvalue weighted by molar-refractivity contribution is -0.118. The Morgan fingerprint density at radius 3 is 2.58 bits per heavy atom. The van der Waals surface area contributed by atoms with E-state index in [1.165, 1.54) is 29.3 Å². The van der Waals surface area contributed by atoms with Crippen LogP contribution in [0, 0.1) is 0 Å². The number of hydrogen-bond acceptors (Lipinski definition) is 9. The van der Waals surface area contributed by atoms with Gasteiger partial charge < -0.3 is 9.47 Å². The number of rotatable bonds is 10. The highest BCUT2D eigenvalue weighted by atomic mass is 35.5. The second kappa shape index (κ2) is 11.9. The third-order valence-corrected chi connectivity index (χ3v) is 7.34. The molecule has 1 aromatic heterocycles. The maximum absolute atomic E-state index is 12.1. The summed E-state index contributed by atoms with van der Waals surface area (Å²) in [4.78, 5) is 12.1. The minimum absolute atomic E-state index is 0.188. The molecule has 2 aromatic carbocycles. The van der Waals surface area contributed by atoms with Crippen molar-refractivity contribution in [1.82, 2.24) is 15.6 Å².